The maximum Gasteiger partial charge on any atom is 0.284 e. The fourth-order valence-corrected chi connectivity index (χ4v) is 0.876. The van der Waals surface area contributed by atoms with Gasteiger partial charge in [-0.15, -0.1) is 0 Å². The van der Waals surface area contributed by atoms with Gasteiger partial charge in [0, 0.05) is 20.0 Å². The minimum absolute atomic E-state index is 0.431. The molecule has 0 aromatic carbocycles. The summed E-state index contributed by atoms with van der Waals surface area (Å²) in [5.41, 5.74) is 0.521. The molecule has 2 N–H and O–H groups in total. The predicted molar refractivity (Wildman–Crippen MR) is 39.7 cm³/mol. The van der Waals surface area contributed by atoms with Crippen LogP contribution in [0.1, 0.15) is 6.92 Å². The molecule has 1 heterocycles. The largest absolute Gasteiger partial charge is 0.605 e. The molecule has 1 rings (SSSR count). The van der Waals surface area contributed by atoms with Crippen LogP contribution in [0.5, 0.6) is 0 Å². The van der Waals surface area contributed by atoms with Gasteiger partial charge in [-0.25, -0.2) is 0 Å². The molecule has 1 aliphatic rings. The summed E-state index contributed by atoms with van der Waals surface area (Å²) >= 11 is 4.38. The SMILES string of the molecule is CC(=C1NCCN1)[N+]([O-])=S. The van der Waals surface area contributed by atoms with Crippen molar-refractivity contribution in [3.63, 3.8) is 0 Å². The lowest BCUT2D eigenvalue weighted by Gasteiger charge is -2.01. The topological polar surface area (TPSA) is 50.1 Å². The third kappa shape index (κ3) is 1.36. The Balaban J connectivity index is 2.73. The van der Waals surface area contributed by atoms with Gasteiger partial charge in [0.15, 0.2) is 5.82 Å². The van der Waals surface area contributed by atoms with Gasteiger partial charge in [-0.1, -0.05) is 4.11 Å². The monoisotopic (exact) mass is 159 g/mol. The van der Waals surface area contributed by atoms with Crippen LogP contribution in [0.15, 0.2) is 11.5 Å². The molecule has 0 saturated carbocycles. The van der Waals surface area contributed by atoms with Crippen LogP contribution < -0.4 is 10.6 Å². The summed E-state index contributed by atoms with van der Waals surface area (Å²) in [7, 11) is 0. The van der Waals surface area contributed by atoms with Crippen molar-refractivity contribution in [3.05, 3.63) is 16.7 Å². The smallest absolute Gasteiger partial charge is 0.284 e. The highest BCUT2D eigenvalue weighted by molar-refractivity contribution is 7.44. The molecule has 0 aromatic heterocycles. The normalized spacial score (nSPS) is 15.9. The quantitative estimate of drug-likeness (QED) is 0.404. The Morgan fingerprint density at radius 2 is 2.10 bits per heavy atom. The molecule has 1 aliphatic heterocycles. The van der Waals surface area contributed by atoms with Gasteiger partial charge >= 0.3 is 0 Å². The first kappa shape index (κ1) is 7.27. The van der Waals surface area contributed by atoms with Crippen molar-refractivity contribution in [2.75, 3.05) is 13.1 Å². The second-order valence-electron chi connectivity index (χ2n) is 2.07. The summed E-state index contributed by atoms with van der Waals surface area (Å²) in [6.45, 7) is 3.40. The van der Waals surface area contributed by atoms with E-state index in [1.807, 2.05) is 0 Å². The fourth-order valence-electron chi connectivity index (χ4n) is 0.785. The molecule has 0 amide bonds. The van der Waals surface area contributed by atoms with Crippen molar-refractivity contribution in [1.82, 2.24) is 10.6 Å². The van der Waals surface area contributed by atoms with E-state index in [-0.39, 0.29) is 0 Å². The van der Waals surface area contributed by atoms with E-state index in [2.05, 4.69) is 23.1 Å². The van der Waals surface area contributed by atoms with Gasteiger partial charge in [-0.2, -0.15) is 0 Å². The van der Waals surface area contributed by atoms with E-state index in [1.165, 1.54) is 0 Å². The number of hydrogen-bond acceptors (Lipinski definition) is 4. The fraction of sp³-hybridized carbons (Fsp3) is 0.600. The van der Waals surface area contributed by atoms with Crippen molar-refractivity contribution < 1.29 is 4.11 Å². The summed E-state index contributed by atoms with van der Waals surface area (Å²) in [5.74, 6) is 0.755. The number of hydroxylamine groups is 1. The van der Waals surface area contributed by atoms with Crippen molar-refractivity contribution in [2.45, 2.75) is 6.92 Å². The molecule has 0 unspecified atom stereocenters. The maximum atomic E-state index is 10.5. The van der Waals surface area contributed by atoms with Crippen LogP contribution in [0.3, 0.4) is 0 Å². The molecule has 10 heavy (non-hydrogen) atoms. The lowest BCUT2D eigenvalue weighted by atomic mass is 10.5. The first-order valence-corrected chi connectivity index (χ1v) is 3.41. The number of allylic oxidation sites excluding steroid dienone is 1. The van der Waals surface area contributed by atoms with Crippen LogP contribution >= 0.6 is 0 Å². The van der Waals surface area contributed by atoms with Crippen molar-refractivity contribution in [3.8, 4) is 0 Å². The molecule has 0 atom stereocenters. The van der Waals surface area contributed by atoms with Crippen LogP contribution in [0.2, 0.25) is 0 Å². The minimum atomic E-state index is 0.431. The van der Waals surface area contributed by atoms with E-state index in [0.29, 0.717) is 9.81 Å². The molecule has 56 valence electrons. The number of rotatable bonds is 1. The zero-order valence-electron chi connectivity index (χ0n) is 5.68. The van der Waals surface area contributed by atoms with Gasteiger partial charge in [-0.3, -0.25) is 0 Å². The Kier molecular flexibility index (Phi) is 2.06. The van der Waals surface area contributed by atoms with Gasteiger partial charge in [0.1, 0.15) is 0 Å². The third-order valence-electron chi connectivity index (χ3n) is 1.36. The van der Waals surface area contributed by atoms with E-state index in [1.54, 1.807) is 6.92 Å². The molecule has 0 radical (unpaired) electrons. The van der Waals surface area contributed by atoms with Gasteiger partial charge < -0.3 is 15.8 Å². The molecular formula is C5H9N3OS. The van der Waals surface area contributed by atoms with Crippen molar-refractivity contribution >= 4 is 12.4 Å². The standard InChI is InChI=1S/C5H9N3OS/c1-4(8(9)10)5-6-2-3-7-5/h6-7H,2-3H2,1H3. The highest BCUT2D eigenvalue weighted by Crippen LogP contribution is 2.00. The van der Waals surface area contributed by atoms with Crippen LogP contribution in [0, 0.1) is 5.21 Å². The summed E-state index contributed by atoms with van der Waals surface area (Å²) in [4.78, 5) is 0. The highest BCUT2D eigenvalue weighted by atomic mass is 32.1. The van der Waals surface area contributed by atoms with Crippen LogP contribution in [0.4, 0.5) is 0 Å². The van der Waals surface area contributed by atoms with E-state index >= 15 is 0 Å². The van der Waals surface area contributed by atoms with E-state index in [4.69, 9.17) is 0 Å². The van der Waals surface area contributed by atoms with E-state index < -0.39 is 0 Å². The first-order chi connectivity index (χ1) is 4.72. The molecule has 0 aliphatic carbocycles. The lowest BCUT2D eigenvalue weighted by Crippen LogP contribution is -2.15. The Hall–Kier alpha value is -0.840. The average molecular weight is 159 g/mol. The zero-order valence-corrected chi connectivity index (χ0v) is 6.49. The Labute approximate surface area is 64.7 Å². The summed E-state index contributed by atoms with van der Waals surface area (Å²) in [5, 5.41) is 16.5. The number of hydrogen-bond donors (Lipinski definition) is 2. The molecule has 1 saturated heterocycles. The Morgan fingerprint density at radius 1 is 1.60 bits per heavy atom. The molecule has 0 aromatic rings. The summed E-state index contributed by atoms with van der Waals surface area (Å²) in [6.07, 6.45) is 0. The van der Waals surface area contributed by atoms with E-state index in [9.17, 15) is 5.21 Å². The van der Waals surface area contributed by atoms with Crippen molar-refractivity contribution in [1.29, 1.82) is 0 Å². The van der Waals surface area contributed by atoms with Crippen LogP contribution in [0.25, 0.3) is 0 Å². The summed E-state index contributed by atoms with van der Waals surface area (Å²) in [6, 6.07) is 0. The summed E-state index contributed by atoms with van der Waals surface area (Å²) < 4.78 is 0.431. The van der Waals surface area contributed by atoms with Gasteiger partial charge in [0.2, 0.25) is 5.70 Å². The molecular weight excluding hydrogens is 150 g/mol. The number of nitrogens with one attached hydrogen (secondary N) is 2. The highest BCUT2D eigenvalue weighted by Gasteiger charge is 2.12. The minimum Gasteiger partial charge on any atom is -0.605 e. The van der Waals surface area contributed by atoms with Crippen molar-refractivity contribution in [2.24, 2.45) is 0 Å². The second kappa shape index (κ2) is 2.83. The Morgan fingerprint density at radius 3 is 2.50 bits per heavy atom. The Bertz CT molecular complexity index is 181. The van der Waals surface area contributed by atoms with Gasteiger partial charge in [0.05, 0.1) is 0 Å². The second-order valence-corrected chi connectivity index (χ2v) is 2.40. The number of nitrogens with zero attached hydrogens (tertiary/aromatic N) is 1. The van der Waals surface area contributed by atoms with Crippen LogP contribution in [-0.2, 0) is 12.4 Å². The lowest BCUT2D eigenvalue weighted by molar-refractivity contribution is -0.368. The molecule has 0 spiro atoms. The third-order valence-corrected chi connectivity index (χ3v) is 1.64. The van der Waals surface area contributed by atoms with Crippen LogP contribution in [-0.4, -0.2) is 17.2 Å². The first-order valence-electron chi connectivity index (χ1n) is 3.05. The average Bonchev–Trinajstić information content (AvgIpc) is 2.36. The maximum absolute atomic E-state index is 10.5. The molecule has 1 fully saturated rings. The molecule has 5 heteroatoms. The van der Waals surface area contributed by atoms with Gasteiger partial charge in [-0.05, 0) is 0 Å². The molecule has 0 bridgehead atoms. The molecule has 4 nitrogen and oxygen atoms in total. The van der Waals surface area contributed by atoms with Gasteiger partial charge in [0.25, 0.3) is 12.4 Å². The van der Waals surface area contributed by atoms with E-state index in [0.717, 1.165) is 18.9 Å². The predicted octanol–water partition coefficient (Wildman–Crippen LogP) is -0.391. The zero-order chi connectivity index (χ0) is 7.56.